The van der Waals surface area contributed by atoms with Crippen LogP contribution in [0.25, 0.3) is 0 Å². The van der Waals surface area contributed by atoms with Gasteiger partial charge in [-0.2, -0.15) is 0 Å². The van der Waals surface area contributed by atoms with Crippen LogP contribution in [0.2, 0.25) is 0 Å². The summed E-state index contributed by atoms with van der Waals surface area (Å²) >= 11 is 0. The van der Waals surface area contributed by atoms with Gasteiger partial charge in [0, 0.05) is 6.42 Å². The van der Waals surface area contributed by atoms with Gasteiger partial charge in [-0.15, -0.1) is 0 Å². The summed E-state index contributed by atoms with van der Waals surface area (Å²) in [7, 11) is 0. The number of aliphatic carboxylic acids is 1. The average molecular weight is 298 g/mol. The fraction of sp³-hybridized carbons (Fsp3) is 0.316. The lowest BCUT2D eigenvalue weighted by molar-refractivity contribution is -0.151. The van der Waals surface area contributed by atoms with Crippen molar-refractivity contribution in [2.75, 3.05) is 0 Å². The molecule has 0 aliphatic rings. The predicted molar refractivity (Wildman–Crippen MR) is 87.0 cm³/mol. The fourth-order valence-electron chi connectivity index (χ4n) is 2.71. The monoisotopic (exact) mass is 298 g/mol. The van der Waals surface area contributed by atoms with E-state index < -0.39 is 12.1 Å². The summed E-state index contributed by atoms with van der Waals surface area (Å²) in [5.41, 5.74) is 5.46. The van der Waals surface area contributed by atoms with Crippen LogP contribution in [0.15, 0.2) is 42.5 Å². The highest BCUT2D eigenvalue weighted by atomic mass is 16.5. The molecule has 0 radical (unpaired) electrons. The molecule has 2 aromatic rings. The van der Waals surface area contributed by atoms with Crippen LogP contribution in [0.1, 0.15) is 27.8 Å². The predicted octanol–water partition coefficient (Wildman–Crippen LogP) is 3.82. The number of aryl methyl sites for hydroxylation is 3. The first-order valence-electron chi connectivity index (χ1n) is 7.42. The van der Waals surface area contributed by atoms with Gasteiger partial charge >= 0.3 is 5.97 Å². The fourth-order valence-corrected chi connectivity index (χ4v) is 2.71. The summed E-state index contributed by atoms with van der Waals surface area (Å²) in [6.07, 6.45) is -0.444. The molecular formula is C19H22O3. The van der Waals surface area contributed by atoms with Crippen molar-refractivity contribution in [3.8, 4) is 0 Å². The molecule has 2 rings (SSSR count). The van der Waals surface area contributed by atoms with Crippen molar-refractivity contribution in [2.24, 2.45) is 0 Å². The maximum atomic E-state index is 11.5. The largest absolute Gasteiger partial charge is 0.479 e. The Morgan fingerprint density at radius 3 is 2.23 bits per heavy atom. The van der Waals surface area contributed by atoms with E-state index >= 15 is 0 Å². The van der Waals surface area contributed by atoms with Gasteiger partial charge in [-0.3, -0.25) is 0 Å². The molecule has 116 valence electrons. The number of carboxylic acids is 1. The van der Waals surface area contributed by atoms with Gasteiger partial charge in [0.15, 0.2) is 6.10 Å². The highest BCUT2D eigenvalue weighted by molar-refractivity contribution is 5.73. The molecule has 0 spiro atoms. The normalized spacial score (nSPS) is 12.1. The third-order valence-electron chi connectivity index (χ3n) is 3.80. The van der Waals surface area contributed by atoms with Crippen molar-refractivity contribution >= 4 is 5.97 Å². The van der Waals surface area contributed by atoms with Crippen LogP contribution in [0.4, 0.5) is 0 Å². The van der Waals surface area contributed by atoms with Gasteiger partial charge in [0.05, 0.1) is 6.61 Å². The molecule has 0 aliphatic carbocycles. The summed E-state index contributed by atoms with van der Waals surface area (Å²) < 4.78 is 5.63. The Labute approximate surface area is 131 Å². The molecule has 1 atom stereocenters. The number of rotatable bonds is 6. The maximum absolute atomic E-state index is 11.5. The van der Waals surface area contributed by atoms with E-state index in [0.717, 1.165) is 22.3 Å². The maximum Gasteiger partial charge on any atom is 0.333 e. The molecule has 3 heteroatoms. The van der Waals surface area contributed by atoms with Gasteiger partial charge in [0.25, 0.3) is 0 Å². The minimum Gasteiger partial charge on any atom is -0.479 e. The third-order valence-corrected chi connectivity index (χ3v) is 3.80. The molecule has 0 saturated carbocycles. The first-order chi connectivity index (χ1) is 10.5. The van der Waals surface area contributed by atoms with E-state index in [0.29, 0.717) is 13.0 Å². The van der Waals surface area contributed by atoms with Crippen LogP contribution in [-0.2, 0) is 22.6 Å². The van der Waals surface area contributed by atoms with Gasteiger partial charge in [0.1, 0.15) is 0 Å². The quantitative estimate of drug-likeness (QED) is 0.881. The first kappa shape index (κ1) is 16.2. The zero-order valence-corrected chi connectivity index (χ0v) is 13.3. The SMILES string of the molecule is Cc1cc(C)c(C[C@@H](OCc2ccccc2)C(=O)O)c(C)c1. The van der Waals surface area contributed by atoms with Gasteiger partial charge in [-0.1, -0.05) is 48.0 Å². The number of hydrogen-bond donors (Lipinski definition) is 1. The second-order valence-electron chi connectivity index (χ2n) is 5.70. The van der Waals surface area contributed by atoms with Crippen LogP contribution >= 0.6 is 0 Å². The molecule has 0 bridgehead atoms. The van der Waals surface area contributed by atoms with Crippen molar-refractivity contribution in [1.29, 1.82) is 0 Å². The van der Waals surface area contributed by atoms with Crippen LogP contribution < -0.4 is 0 Å². The summed E-state index contributed by atoms with van der Waals surface area (Å²) in [4.78, 5) is 11.5. The summed E-state index contributed by atoms with van der Waals surface area (Å²) in [5.74, 6) is -0.921. The van der Waals surface area contributed by atoms with Crippen molar-refractivity contribution in [3.05, 3.63) is 70.3 Å². The molecule has 3 nitrogen and oxygen atoms in total. The molecule has 1 N–H and O–H groups in total. The summed E-state index contributed by atoms with van der Waals surface area (Å²) in [6.45, 7) is 6.39. The molecule has 0 unspecified atom stereocenters. The minimum atomic E-state index is -0.921. The standard InChI is InChI=1S/C19H22O3/c1-13-9-14(2)17(15(3)10-13)11-18(19(20)21)22-12-16-7-5-4-6-8-16/h4-10,18H,11-12H2,1-3H3,(H,20,21)/t18-/m1/s1. The Bertz CT molecular complexity index is 624. The molecule has 0 saturated heterocycles. The second-order valence-corrected chi connectivity index (χ2v) is 5.70. The van der Waals surface area contributed by atoms with Gasteiger partial charge in [-0.25, -0.2) is 4.79 Å². The molecule has 0 aromatic heterocycles. The Hall–Kier alpha value is -2.13. The van der Waals surface area contributed by atoms with E-state index in [-0.39, 0.29) is 0 Å². The van der Waals surface area contributed by atoms with Crippen molar-refractivity contribution in [3.63, 3.8) is 0 Å². The number of ether oxygens (including phenoxy) is 1. The smallest absolute Gasteiger partial charge is 0.333 e. The number of carbonyl (C=O) groups is 1. The second kappa shape index (κ2) is 7.23. The molecule has 2 aromatic carbocycles. The van der Waals surface area contributed by atoms with E-state index in [2.05, 4.69) is 12.1 Å². The van der Waals surface area contributed by atoms with E-state index in [1.54, 1.807) is 0 Å². The first-order valence-corrected chi connectivity index (χ1v) is 7.42. The van der Waals surface area contributed by atoms with Crippen molar-refractivity contribution < 1.29 is 14.6 Å². The lowest BCUT2D eigenvalue weighted by Crippen LogP contribution is -2.27. The summed E-state index contributed by atoms with van der Waals surface area (Å²) in [6, 6.07) is 13.8. The van der Waals surface area contributed by atoms with E-state index in [4.69, 9.17) is 4.74 Å². The van der Waals surface area contributed by atoms with Gasteiger partial charge in [-0.05, 0) is 43.0 Å². The topological polar surface area (TPSA) is 46.5 Å². The number of carboxylic acid groups (broad SMARTS) is 1. The highest BCUT2D eigenvalue weighted by Crippen LogP contribution is 2.19. The van der Waals surface area contributed by atoms with E-state index in [9.17, 15) is 9.90 Å². The van der Waals surface area contributed by atoms with Gasteiger partial charge < -0.3 is 9.84 Å². The number of hydrogen-bond acceptors (Lipinski definition) is 2. The van der Waals surface area contributed by atoms with E-state index in [1.165, 1.54) is 5.56 Å². The zero-order valence-electron chi connectivity index (χ0n) is 13.3. The zero-order chi connectivity index (χ0) is 16.1. The lowest BCUT2D eigenvalue weighted by Gasteiger charge is -2.17. The molecule has 0 aliphatic heterocycles. The lowest BCUT2D eigenvalue weighted by atomic mass is 9.95. The Kier molecular flexibility index (Phi) is 5.34. The average Bonchev–Trinajstić information content (AvgIpc) is 2.46. The molecule has 22 heavy (non-hydrogen) atoms. The molecule has 0 amide bonds. The van der Waals surface area contributed by atoms with Crippen LogP contribution in [-0.4, -0.2) is 17.2 Å². The van der Waals surface area contributed by atoms with Gasteiger partial charge in [0.2, 0.25) is 0 Å². The summed E-state index contributed by atoms with van der Waals surface area (Å²) in [5, 5.41) is 9.42. The highest BCUT2D eigenvalue weighted by Gasteiger charge is 2.21. The number of benzene rings is 2. The minimum absolute atomic E-state index is 0.307. The van der Waals surface area contributed by atoms with Crippen LogP contribution in [0.5, 0.6) is 0 Å². The molecule has 0 heterocycles. The molecular weight excluding hydrogens is 276 g/mol. The Morgan fingerprint density at radius 2 is 1.68 bits per heavy atom. The Balaban J connectivity index is 2.11. The van der Waals surface area contributed by atoms with Crippen LogP contribution in [0, 0.1) is 20.8 Å². The van der Waals surface area contributed by atoms with Crippen LogP contribution in [0.3, 0.4) is 0 Å². The Morgan fingerprint density at radius 1 is 1.09 bits per heavy atom. The molecule has 0 fully saturated rings. The van der Waals surface area contributed by atoms with Crippen molar-refractivity contribution in [2.45, 2.75) is 39.9 Å². The third kappa shape index (κ3) is 4.18. The van der Waals surface area contributed by atoms with E-state index in [1.807, 2.05) is 51.1 Å². The van der Waals surface area contributed by atoms with Crippen molar-refractivity contribution in [1.82, 2.24) is 0 Å².